The Morgan fingerprint density at radius 2 is 1.83 bits per heavy atom. The SMILES string of the molecule is Cc1oc2nc1C(=O)NC(C(C)C)c1nc(cs1)C(=O)NCCN(C(=O)[C@@H]1CC[C@H](C)N1)CCCC(=O)N[C@H]2Cc1ccccc1.Cl. The lowest BCUT2D eigenvalue weighted by atomic mass is 10.0. The van der Waals surface area contributed by atoms with Crippen LogP contribution >= 0.6 is 23.7 Å². The predicted molar refractivity (Wildman–Crippen MR) is 180 cm³/mol. The highest BCUT2D eigenvalue weighted by Gasteiger charge is 2.31. The number of fused-ring (bicyclic) bond motifs is 4. The van der Waals surface area contributed by atoms with Gasteiger partial charge in [0.05, 0.1) is 12.1 Å². The van der Waals surface area contributed by atoms with E-state index in [1.54, 1.807) is 17.2 Å². The monoisotopic (exact) mass is 685 g/mol. The van der Waals surface area contributed by atoms with Crippen LogP contribution in [0.4, 0.5) is 0 Å². The van der Waals surface area contributed by atoms with Crippen molar-refractivity contribution < 1.29 is 23.6 Å². The summed E-state index contributed by atoms with van der Waals surface area (Å²) >= 11 is 1.30. The van der Waals surface area contributed by atoms with Crippen LogP contribution in [0.3, 0.4) is 0 Å². The van der Waals surface area contributed by atoms with Gasteiger partial charge in [-0.3, -0.25) is 19.2 Å². The molecule has 2 aliphatic rings. The topological polar surface area (TPSA) is 159 Å². The van der Waals surface area contributed by atoms with Gasteiger partial charge in [-0.05, 0) is 44.6 Å². The first-order valence-electron chi connectivity index (χ1n) is 16.0. The second-order valence-corrected chi connectivity index (χ2v) is 13.3. The van der Waals surface area contributed by atoms with Crippen molar-refractivity contribution in [2.75, 3.05) is 19.6 Å². The number of aromatic nitrogens is 2. The van der Waals surface area contributed by atoms with E-state index in [1.807, 2.05) is 44.2 Å². The fraction of sp³-hybridized carbons (Fsp3) is 0.515. The lowest BCUT2D eigenvalue weighted by molar-refractivity contribution is -0.133. The van der Waals surface area contributed by atoms with Crippen molar-refractivity contribution in [3.8, 4) is 0 Å². The van der Waals surface area contributed by atoms with Gasteiger partial charge in [-0.2, -0.15) is 0 Å². The summed E-state index contributed by atoms with van der Waals surface area (Å²) in [5.74, 6) is -0.499. The maximum absolute atomic E-state index is 13.5. The number of nitrogens with zero attached hydrogens (tertiary/aromatic N) is 3. The number of carbonyl (C=O) groups is 4. The largest absolute Gasteiger partial charge is 0.443 e. The highest BCUT2D eigenvalue weighted by Crippen LogP contribution is 2.27. The molecule has 4 amide bonds. The molecule has 0 aliphatic carbocycles. The van der Waals surface area contributed by atoms with Gasteiger partial charge < -0.3 is 30.6 Å². The molecule has 1 saturated heterocycles. The third kappa shape index (κ3) is 9.17. The minimum absolute atomic E-state index is 0. The summed E-state index contributed by atoms with van der Waals surface area (Å²) in [6.07, 6.45) is 2.67. The normalized spacial score (nSPS) is 23.0. The van der Waals surface area contributed by atoms with Crippen molar-refractivity contribution in [3.63, 3.8) is 0 Å². The van der Waals surface area contributed by atoms with E-state index < -0.39 is 18.0 Å². The zero-order chi connectivity index (χ0) is 32.8. The van der Waals surface area contributed by atoms with E-state index in [9.17, 15) is 19.2 Å². The summed E-state index contributed by atoms with van der Waals surface area (Å²) in [6, 6.07) is 8.58. The Morgan fingerprint density at radius 3 is 2.53 bits per heavy atom. The van der Waals surface area contributed by atoms with Gasteiger partial charge >= 0.3 is 0 Å². The van der Waals surface area contributed by atoms with Crippen LogP contribution in [0, 0.1) is 12.8 Å². The molecule has 1 unspecified atom stereocenters. The highest BCUT2D eigenvalue weighted by molar-refractivity contribution is 7.09. The molecule has 2 aliphatic heterocycles. The van der Waals surface area contributed by atoms with E-state index in [4.69, 9.17) is 4.42 Å². The number of halogens is 1. The molecule has 12 nitrogen and oxygen atoms in total. The molecule has 5 rings (SSSR count). The van der Waals surface area contributed by atoms with Gasteiger partial charge in [-0.1, -0.05) is 44.2 Å². The summed E-state index contributed by atoms with van der Waals surface area (Å²) < 4.78 is 6.01. The van der Waals surface area contributed by atoms with E-state index in [0.717, 1.165) is 18.4 Å². The molecule has 4 N–H and O–H groups in total. The molecular weight excluding hydrogens is 642 g/mol. The number of rotatable bonds is 4. The van der Waals surface area contributed by atoms with Crippen molar-refractivity contribution >= 4 is 47.4 Å². The molecule has 0 saturated carbocycles. The Bertz CT molecular complexity index is 1540. The van der Waals surface area contributed by atoms with E-state index in [1.165, 1.54) is 11.3 Å². The molecule has 2 aromatic heterocycles. The Hall–Kier alpha value is -3.81. The first-order chi connectivity index (χ1) is 22.1. The van der Waals surface area contributed by atoms with Gasteiger partial charge in [0, 0.05) is 43.9 Å². The number of carbonyl (C=O) groups excluding carboxylic acids is 4. The molecule has 254 valence electrons. The fourth-order valence-electron chi connectivity index (χ4n) is 5.85. The van der Waals surface area contributed by atoms with Crippen LogP contribution in [0.25, 0.3) is 0 Å². The van der Waals surface area contributed by atoms with E-state index >= 15 is 0 Å². The number of benzene rings is 1. The lowest BCUT2D eigenvalue weighted by Crippen LogP contribution is -2.47. The van der Waals surface area contributed by atoms with Gasteiger partial charge in [0.2, 0.25) is 17.7 Å². The number of thiazole rings is 1. The molecule has 1 aromatic carbocycles. The smallest absolute Gasteiger partial charge is 0.274 e. The van der Waals surface area contributed by atoms with Gasteiger partial charge in [-0.15, -0.1) is 23.7 Å². The molecule has 47 heavy (non-hydrogen) atoms. The molecule has 1 fully saturated rings. The van der Waals surface area contributed by atoms with Gasteiger partial charge in [-0.25, -0.2) is 9.97 Å². The van der Waals surface area contributed by atoms with Crippen LogP contribution in [-0.4, -0.2) is 70.2 Å². The second kappa shape index (κ2) is 16.3. The molecule has 0 spiro atoms. The Balaban J connectivity index is 0.00000500. The molecule has 14 heteroatoms. The molecule has 4 heterocycles. The summed E-state index contributed by atoms with van der Waals surface area (Å²) in [4.78, 5) is 64.1. The zero-order valence-corrected chi connectivity index (χ0v) is 28.8. The molecule has 4 bridgehead atoms. The summed E-state index contributed by atoms with van der Waals surface area (Å²) in [5.41, 5.74) is 1.35. The number of oxazole rings is 1. The van der Waals surface area contributed by atoms with E-state index in [0.29, 0.717) is 36.7 Å². The maximum Gasteiger partial charge on any atom is 0.274 e. The van der Waals surface area contributed by atoms with Crippen molar-refractivity contribution in [3.05, 3.63) is 69.3 Å². The Labute approximate surface area is 285 Å². The summed E-state index contributed by atoms with van der Waals surface area (Å²) in [7, 11) is 0. The molecule has 3 aromatic rings. The summed E-state index contributed by atoms with van der Waals surface area (Å²) in [6.45, 7) is 8.55. The van der Waals surface area contributed by atoms with Crippen LogP contribution in [-0.2, 0) is 16.0 Å². The zero-order valence-electron chi connectivity index (χ0n) is 27.2. The van der Waals surface area contributed by atoms with Crippen molar-refractivity contribution in [1.29, 1.82) is 0 Å². The second-order valence-electron chi connectivity index (χ2n) is 12.4. The van der Waals surface area contributed by atoms with Gasteiger partial charge in [0.15, 0.2) is 5.69 Å². The predicted octanol–water partition coefficient (Wildman–Crippen LogP) is 3.88. The van der Waals surface area contributed by atoms with Crippen LogP contribution in [0.2, 0.25) is 0 Å². The number of amides is 4. The Kier molecular flexibility index (Phi) is 12.5. The van der Waals surface area contributed by atoms with E-state index in [2.05, 4.69) is 38.2 Å². The standard InChI is InChI=1S/C33H43N7O5S.ClH/c1-19(2)27-32-37-25(18-46-32)29(42)34-14-16-40(33(44)23-13-12-20(3)35-23)15-8-11-26(41)36-24(17-22-9-6-5-7-10-22)31-39-28(21(4)45-31)30(43)38-27;/h5-7,9-10,18-20,23-24,27,35H,8,11-17H2,1-4H3,(H,34,42)(H,36,41)(H,38,43);1H/t20-,23-,24-,27?;/m0./s1. The quantitative estimate of drug-likeness (QED) is 0.322. The van der Waals surface area contributed by atoms with Crippen molar-refractivity contribution in [2.45, 2.75) is 84.0 Å². The number of nitrogens with one attached hydrogen (secondary N) is 4. The number of hydrogen-bond donors (Lipinski definition) is 4. The molecule has 4 atom stereocenters. The van der Waals surface area contributed by atoms with Crippen LogP contribution in [0.1, 0.15) is 102 Å². The minimum atomic E-state index is -0.611. The van der Waals surface area contributed by atoms with Crippen molar-refractivity contribution in [2.24, 2.45) is 5.92 Å². The third-order valence-electron chi connectivity index (χ3n) is 8.40. The maximum atomic E-state index is 13.5. The molecule has 0 radical (unpaired) electrons. The Morgan fingerprint density at radius 1 is 1.06 bits per heavy atom. The van der Waals surface area contributed by atoms with Crippen LogP contribution in [0.5, 0.6) is 0 Å². The van der Waals surface area contributed by atoms with Gasteiger partial charge in [0.25, 0.3) is 11.8 Å². The average Bonchev–Trinajstić information content (AvgIpc) is 3.78. The van der Waals surface area contributed by atoms with Crippen LogP contribution < -0.4 is 21.3 Å². The number of aryl methyl sites for hydroxylation is 1. The first-order valence-corrected chi connectivity index (χ1v) is 16.9. The third-order valence-corrected chi connectivity index (χ3v) is 9.33. The summed E-state index contributed by atoms with van der Waals surface area (Å²) in [5, 5.41) is 14.6. The minimum Gasteiger partial charge on any atom is -0.443 e. The van der Waals surface area contributed by atoms with Crippen LogP contribution in [0.15, 0.2) is 40.1 Å². The van der Waals surface area contributed by atoms with Crippen molar-refractivity contribution in [1.82, 2.24) is 36.1 Å². The average molecular weight is 686 g/mol. The molecular formula is C33H44ClN7O5S. The number of hydrogen-bond acceptors (Lipinski definition) is 9. The first kappa shape index (κ1) is 36.0. The van der Waals surface area contributed by atoms with E-state index in [-0.39, 0.29) is 78.4 Å². The van der Waals surface area contributed by atoms with Gasteiger partial charge in [0.1, 0.15) is 22.5 Å². The fourth-order valence-corrected chi connectivity index (χ4v) is 6.87. The lowest BCUT2D eigenvalue weighted by Gasteiger charge is -2.26. The highest BCUT2D eigenvalue weighted by atomic mass is 35.5.